The summed E-state index contributed by atoms with van der Waals surface area (Å²) in [4.78, 5) is 33.5. The molecule has 1 aliphatic heterocycles. The van der Waals surface area contributed by atoms with Gasteiger partial charge in [0, 0.05) is 38.1 Å². The van der Waals surface area contributed by atoms with E-state index in [0.29, 0.717) is 44.0 Å². The van der Waals surface area contributed by atoms with Gasteiger partial charge in [-0.25, -0.2) is 14.6 Å². The Morgan fingerprint density at radius 1 is 0.939 bits per heavy atom. The van der Waals surface area contributed by atoms with Crippen molar-refractivity contribution >= 4 is 40.1 Å². The maximum atomic E-state index is 12.8. The number of amides is 2. The van der Waals surface area contributed by atoms with Crippen LogP contribution in [-0.2, 0) is 4.74 Å². The van der Waals surface area contributed by atoms with E-state index in [4.69, 9.17) is 9.72 Å². The molecule has 3 heterocycles. The molecular formula is C25H25N5O3. The molecule has 2 aromatic heterocycles. The van der Waals surface area contributed by atoms with Crippen LogP contribution in [0.15, 0.2) is 66.9 Å². The van der Waals surface area contributed by atoms with Crippen LogP contribution in [0, 0.1) is 0 Å². The summed E-state index contributed by atoms with van der Waals surface area (Å²) >= 11 is 0. The highest BCUT2D eigenvalue weighted by molar-refractivity contribution is 5.92. The van der Waals surface area contributed by atoms with E-state index in [2.05, 4.69) is 32.9 Å². The SMILES string of the molecule is CCOC(=O)c1ccc(NC(=O)N2CCN(c3nc4ccccc4n4cccc34)CC2)cc1. The molecule has 0 unspecified atom stereocenters. The van der Waals surface area contributed by atoms with Crippen molar-refractivity contribution in [1.82, 2.24) is 14.3 Å². The molecule has 1 aliphatic rings. The third kappa shape index (κ3) is 4.07. The molecule has 0 radical (unpaired) electrons. The largest absolute Gasteiger partial charge is 0.462 e. The highest BCUT2D eigenvalue weighted by Crippen LogP contribution is 2.26. The monoisotopic (exact) mass is 443 g/mol. The molecule has 8 nitrogen and oxygen atoms in total. The van der Waals surface area contributed by atoms with Crippen LogP contribution in [0.3, 0.4) is 0 Å². The topological polar surface area (TPSA) is 79.2 Å². The van der Waals surface area contributed by atoms with Crippen LogP contribution in [-0.4, -0.2) is 59.1 Å². The minimum absolute atomic E-state index is 0.155. The fourth-order valence-electron chi connectivity index (χ4n) is 4.17. The van der Waals surface area contributed by atoms with E-state index in [-0.39, 0.29) is 12.0 Å². The zero-order valence-corrected chi connectivity index (χ0v) is 18.4. The number of carbonyl (C=O) groups is 2. The molecule has 0 saturated carbocycles. The van der Waals surface area contributed by atoms with Gasteiger partial charge in [0.1, 0.15) is 0 Å². The van der Waals surface area contributed by atoms with Crippen molar-refractivity contribution in [3.05, 3.63) is 72.4 Å². The third-order valence-electron chi connectivity index (χ3n) is 5.86. The first kappa shape index (κ1) is 20.8. The predicted octanol–water partition coefficient (Wildman–Crippen LogP) is 4.02. The highest BCUT2D eigenvalue weighted by Gasteiger charge is 2.24. The minimum atomic E-state index is -0.370. The molecule has 2 aromatic carbocycles. The number of fused-ring (bicyclic) bond motifs is 3. The van der Waals surface area contributed by atoms with Crippen molar-refractivity contribution in [2.45, 2.75) is 6.92 Å². The Hall–Kier alpha value is -4.07. The molecule has 1 saturated heterocycles. The van der Waals surface area contributed by atoms with Gasteiger partial charge in [0.2, 0.25) is 0 Å². The lowest BCUT2D eigenvalue weighted by atomic mass is 10.2. The van der Waals surface area contributed by atoms with Gasteiger partial charge in [0.15, 0.2) is 5.82 Å². The number of rotatable bonds is 4. The molecule has 4 aromatic rings. The Morgan fingerprint density at radius 2 is 1.67 bits per heavy atom. The lowest BCUT2D eigenvalue weighted by Crippen LogP contribution is -2.50. The number of hydrogen-bond donors (Lipinski definition) is 1. The van der Waals surface area contributed by atoms with E-state index in [0.717, 1.165) is 22.4 Å². The summed E-state index contributed by atoms with van der Waals surface area (Å²) in [7, 11) is 0. The van der Waals surface area contributed by atoms with Gasteiger partial charge in [-0.3, -0.25) is 0 Å². The number of ether oxygens (including phenoxy) is 1. The number of aromatic nitrogens is 2. The van der Waals surface area contributed by atoms with E-state index >= 15 is 0 Å². The Kier molecular flexibility index (Phi) is 5.56. The van der Waals surface area contributed by atoms with Crippen molar-refractivity contribution < 1.29 is 14.3 Å². The van der Waals surface area contributed by atoms with Gasteiger partial charge >= 0.3 is 12.0 Å². The normalized spacial score (nSPS) is 14.0. The standard InChI is InChI=1S/C25H25N5O3/c1-2-33-24(31)18-9-11-19(12-10-18)26-25(32)29-16-14-28(15-17-29)23-22-8-5-13-30(22)21-7-4-3-6-20(21)27-23/h3-13H,2,14-17H2,1H3,(H,26,32). The summed E-state index contributed by atoms with van der Waals surface area (Å²) < 4.78 is 7.15. The van der Waals surface area contributed by atoms with Crippen molar-refractivity contribution in [2.75, 3.05) is 43.0 Å². The van der Waals surface area contributed by atoms with E-state index in [1.165, 1.54) is 0 Å². The van der Waals surface area contributed by atoms with E-state index in [1.54, 1.807) is 36.1 Å². The van der Waals surface area contributed by atoms with Gasteiger partial charge in [-0.2, -0.15) is 0 Å². The molecule has 0 spiro atoms. The van der Waals surface area contributed by atoms with Crippen LogP contribution in [0.5, 0.6) is 0 Å². The lowest BCUT2D eigenvalue weighted by molar-refractivity contribution is 0.0526. The molecule has 168 valence electrons. The fourth-order valence-corrected chi connectivity index (χ4v) is 4.17. The molecule has 0 aliphatic carbocycles. The van der Waals surface area contributed by atoms with Crippen molar-refractivity contribution in [3.8, 4) is 0 Å². The summed E-state index contributed by atoms with van der Waals surface area (Å²) in [6.45, 7) is 4.67. The second-order valence-corrected chi connectivity index (χ2v) is 7.89. The minimum Gasteiger partial charge on any atom is -0.462 e. The van der Waals surface area contributed by atoms with Crippen LogP contribution in [0.4, 0.5) is 16.3 Å². The van der Waals surface area contributed by atoms with E-state index < -0.39 is 0 Å². The van der Waals surface area contributed by atoms with Crippen LogP contribution in [0.2, 0.25) is 0 Å². The number of nitrogens with one attached hydrogen (secondary N) is 1. The van der Waals surface area contributed by atoms with Crippen molar-refractivity contribution in [2.24, 2.45) is 0 Å². The number of nitrogens with zero attached hydrogens (tertiary/aromatic N) is 4. The first-order valence-corrected chi connectivity index (χ1v) is 11.1. The van der Waals surface area contributed by atoms with Crippen LogP contribution in [0.1, 0.15) is 17.3 Å². The number of esters is 1. The van der Waals surface area contributed by atoms with Gasteiger partial charge in [0.25, 0.3) is 0 Å². The second-order valence-electron chi connectivity index (χ2n) is 7.89. The molecule has 1 fully saturated rings. The quantitative estimate of drug-likeness (QED) is 0.482. The van der Waals surface area contributed by atoms with Crippen molar-refractivity contribution in [3.63, 3.8) is 0 Å². The molecule has 0 bridgehead atoms. The van der Waals surface area contributed by atoms with Crippen LogP contribution < -0.4 is 10.2 Å². The Morgan fingerprint density at radius 3 is 2.42 bits per heavy atom. The number of urea groups is 1. The van der Waals surface area contributed by atoms with Gasteiger partial charge in [0.05, 0.1) is 28.7 Å². The van der Waals surface area contributed by atoms with Crippen molar-refractivity contribution in [1.29, 1.82) is 0 Å². The first-order chi connectivity index (χ1) is 16.1. The number of anilines is 2. The number of piperazine rings is 1. The van der Waals surface area contributed by atoms with Crippen LogP contribution >= 0.6 is 0 Å². The summed E-state index contributed by atoms with van der Waals surface area (Å²) in [6, 6.07) is 18.8. The average molecular weight is 444 g/mol. The van der Waals surface area contributed by atoms with Gasteiger partial charge in [-0.15, -0.1) is 0 Å². The second kappa shape index (κ2) is 8.82. The Balaban J connectivity index is 1.25. The summed E-state index contributed by atoms with van der Waals surface area (Å²) in [5, 5.41) is 2.91. The maximum absolute atomic E-state index is 12.8. The maximum Gasteiger partial charge on any atom is 0.338 e. The molecule has 1 N–H and O–H groups in total. The molecule has 5 rings (SSSR count). The number of para-hydroxylation sites is 2. The zero-order chi connectivity index (χ0) is 22.8. The predicted molar refractivity (Wildman–Crippen MR) is 128 cm³/mol. The van der Waals surface area contributed by atoms with Gasteiger partial charge < -0.3 is 24.3 Å². The average Bonchev–Trinajstić information content (AvgIpc) is 3.35. The summed E-state index contributed by atoms with van der Waals surface area (Å²) in [6.07, 6.45) is 2.06. The summed E-state index contributed by atoms with van der Waals surface area (Å²) in [5.41, 5.74) is 4.19. The molecule has 0 atom stereocenters. The molecule has 33 heavy (non-hydrogen) atoms. The Labute approximate surface area is 191 Å². The number of carbonyl (C=O) groups excluding carboxylic acids is 2. The number of benzene rings is 2. The molecule has 8 heteroatoms. The Bertz CT molecular complexity index is 1310. The fraction of sp³-hybridized carbons (Fsp3) is 0.240. The number of hydrogen-bond acceptors (Lipinski definition) is 5. The molecular weight excluding hydrogens is 418 g/mol. The summed E-state index contributed by atoms with van der Waals surface area (Å²) in [5.74, 6) is 0.569. The van der Waals surface area contributed by atoms with Gasteiger partial charge in [-0.1, -0.05) is 12.1 Å². The van der Waals surface area contributed by atoms with Crippen LogP contribution in [0.25, 0.3) is 16.6 Å². The molecule has 2 amide bonds. The lowest BCUT2D eigenvalue weighted by Gasteiger charge is -2.35. The smallest absolute Gasteiger partial charge is 0.338 e. The highest BCUT2D eigenvalue weighted by atomic mass is 16.5. The first-order valence-electron chi connectivity index (χ1n) is 11.1. The van der Waals surface area contributed by atoms with E-state index in [9.17, 15) is 9.59 Å². The van der Waals surface area contributed by atoms with E-state index in [1.807, 2.05) is 24.3 Å². The zero-order valence-electron chi connectivity index (χ0n) is 18.4. The van der Waals surface area contributed by atoms with Gasteiger partial charge in [-0.05, 0) is 55.5 Å². The third-order valence-corrected chi connectivity index (χ3v) is 5.86.